The maximum atomic E-state index is 12.9. The van der Waals surface area contributed by atoms with Crippen molar-refractivity contribution in [1.29, 1.82) is 0 Å². The number of aromatic nitrogens is 3. The van der Waals surface area contributed by atoms with Gasteiger partial charge < -0.3 is 14.7 Å². The minimum absolute atomic E-state index is 0.107. The van der Waals surface area contributed by atoms with Crippen molar-refractivity contribution >= 4 is 23.3 Å². The van der Waals surface area contributed by atoms with Crippen LogP contribution in [0.4, 0.5) is 13.2 Å². The molecule has 4 rings (SSSR count). The quantitative estimate of drug-likeness (QED) is 0.640. The number of alkyl halides is 3. The second kappa shape index (κ2) is 6.26. The van der Waals surface area contributed by atoms with Crippen LogP contribution in [0, 0.1) is 11.7 Å². The van der Waals surface area contributed by atoms with E-state index in [1.165, 1.54) is 16.7 Å². The zero-order valence-electron chi connectivity index (χ0n) is 14.3. The normalized spacial score (nSPS) is 14.7. The Bertz CT molecular complexity index is 1140. The fourth-order valence-electron chi connectivity index (χ4n) is 3.15. The third-order valence-corrected chi connectivity index (χ3v) is 4.87. The third-order valence-electron chi connectivity index (χ3n) is 4.59. The van der Waals surface area contributed by atoms with Crippen molar-refractivity contribution in [1.82, 2.24) is 14.5 Å². The van der Waals surface area contributed by atoms with Gasteiger partial charge >= 0.3 is 6.18 Å². The van der Waals surface area contributed by atoms with E-state index in [0.717, 1.165) is 23.9 Å². The molecule has 2 N–H and O–H groups in total. The number of hydrogen-bond donors (Lipinski definition) is 2. The third kappa shape index (κ3) is 3.39. The number of fused-ring (bicyclic) bond motifs is 1. The Morgan fingerprint density at radius 1 is 1.30 bits per heavy atom. The van der Waals surface area contributed by atoms with Gasteiger partial charge in [-0.05, 0) is 67.2 Å². The maximum Gasteiger partial charge on any atom is 0.422 e. The molecule has 0 amide bonds. The zero-order chi connectivity index (χ0) is 19.3. The van der Waals surface area contributed by atoms with E-state index >= 15 is 0 Å². The highest BCUT2D eigenvalue weighted by Gasteiger charge is 2.29. The molecule has 1 fully saturated rings. The lowest BCUT2D eigenvalue weighted by Gasteiger charge is -2.13. The number of halogens is 3. The molecule has 3 aromatic rings. The topological polar surface area (TPSA) is 62.8 Å². The predicted octanol–water partition coefficient (Wildman–Crippen LogP) is 4.50. The van der Waals surface area contributed by atoms with Crippen LogP contribution in [0.1, 0.15) is 29.9 Å². The molecule has 0 radical (unpaired) electrons. The Labute approximate surface area is 156 Å². The van der Waals surface area contributed by atoms with Gasteiger partial charge in [0.15, 0.2) is 11.4 Å². The van der Waals surface area contributed by atoms with Gasteiger partial charge in [0.25, 0.3) is 5.56 Å². The first-order valence-corrected chi connectivity index (χ1v) is 8.82. The predicted molar refractivity (Wildman–Crippen MR) is 97.3 cm³/mol. The molecular weight excluding hydrogens is 379 g/mol. The fraction of sp³-hybridized carbons (Fsp3) is 0.333. The highest BCUT2D eigenvalue weighted by molar-refractivity contribution is 7.71. The summed E-state index contributed by atoms with van der Waals surface area (Å²) in [4.78, 5) is 19.1. The Morgan fingerprint density at radius 3 is 2.67 bits per heavy atom. The van der Waals surface area contributed by atoms with Crippen molar-refractivity contribution in [2.75, 3.05) is 6.61 Å². The molecule has 142 valence electrons. The van der Waals surface area contributed by atoms with Crippen LogP contribution in [0.2, 0.25) is 0 Å². The van der Waals surface area contributed by atoms with Gasteiger partial charge in [-0.25, -0.2) is 0 Å². The number of aromatic amines is 2. The SMILES string of the molecule is Cc1cc(-n2c(=S)[nH]c3c(C4CC4)c[nH]c3c2=O)ccc1OCC(F)(F)F. The molecule has 1 aromatic carbocycles. The highest BCUT2D eigenvalue weighted by atomic mass is 32.1. The molecule has 5 nitrogen and oxygen atoms in total. The lowest BCUT2D eigenvalue weighted by atomic mass is 10.2. The number of nitrogens with zero attached hydrogens (tertiary/aromatic N) is 1. The standard InChI is InChI=1S/C18H16F3N3O2S/c1-9-6-11(4-5-13(9)26-8-18(19,20)21)24-16(25)15-14(23-17(24)27)12(7-22-15)10-2-3-10/h4-7,10,22H,2-3,8H2,1H3,(H,23,27). The first-order valence-electron chi connectivity index (χ1n) is 8.41. The van der Waals surface area contributed by atoms with Crippen LogP contribution in [-0.2, 0) is 0 Å². The zero-order valence-corrected chi connectivity index (χ0v) is 15.1. The molecule has 2 aromatic heterocycles. The van der Waals surface area contributed by atoms with Crippen LogP contribution < -0.4 is 10.3 Å². The van der Waals surface area contributed by atoms with E-state index in [0.29, 0.717) is 22.7 Å². The molecule has 2 heterocycles. The lowest BCUT2D eigenvalue weighted by molar-refractivity contribution is -0.153. The van der Waals surface area contributed by atoms with Crippen LogP contribution in [0.25, 0.3) is 16.7 Å². The Morgan fingerprint density at radius 2 is 2.04 bits per heavy atom. The molecule has 1 aliphatic rings. The molecule has 0 atom stereocenters. The van der Waals surface area contributed by atoms with Crippen LogP contribution in [0.5, 0.6) is 5.75 Å². The Balaban J connectivity index is 1.75. The molecular formula is C18H16F3N3O2S. The van der Waals surface area contributed by atoms with Gasteiger partial charge in [-0.2, -0.15) is 13.2 Å². The number of H-pyrrole nitrogens is 2. The van der Waals surface area contributed by atoms with Crippen molar-refractivity contribution in [2.45, 2.75) is 31.9 Å². The van der Waals surface area contributed by atoms with E-state index < -0.39 is 12.8 Å². The Kier molecular flexibility index (Phi) is 4.14. The van der Waals surface area contributed by atoms with Crippen molar-refractivity contribution in [3.8, 4) is 11.4 Å². The molecule has 0 unspecified atom stereocenters. The lowest BCUT2D eigenvalue weighted by Crippen LogP contribution is -2.21. The smallest absolute Gasteiger partial charge is 0.422 e. The molecule has 0 aliphatic heterocycles. The monoisotopic (exact) mass is 395 g/mol. The van der Waals surface area contributed by atoms with Gasteiger partial charge in [-0.15, -0.1) is 0 Å². The van der Waals surface area contributed by atoms with E-state index in [1.54, 1.807) is 13.0 Å². The summed E-state index contributed by atoms with van der Waals surface area (Å²) in [6, 6.07) is 4.50. The number of hydrogen-bond acceptors (Lipinski definition) is 3. The van der Waals surface area contributed by atoms with Gasteiger partial charge in [-0.1, -0.05) is 0 Å². The highest BCUT2D eigenvalue weighted by Crippen LogP contribution is 2.42. The first-order chi connectivity index (χ1) is 12.7. The first kappa shape index (κ1) is 17.8. The van der Waals surface area contributed by atoms with E-state index in [9.17, 15) is 18.0 Å². The van der Waals surface area contributed by atoms with Crippen molar-refractivity contribution in [3.63, 3.8) is 0 Å². The molecule has 1 saturated carbocycles. The minimum atomic E-state index is -4.41. The van der Waals surface area contributed by atoms with Crippen molar-refractivity contribution in [3.05, 3.63) is 50.6 Å². The molecule has 0 bridgehead atoms. The molecule has 1 aliphatic carbocycles. The summed E-state index contributed by atoms with van der Waals surface area (Å²) < 4.78 is 43.4. The van der Waals surface area contributed by atoms with Crippen LogP contribution in [-0.4, -0.2) is 27.3 Å². The summed E-state index contributed by atoms with van der Waals surface area (Å²) in [5.74, 6) is 0.558. The summed E-state index contributed by atoms with van der Waals surface area (Å²) in [6.07, 6.45) is -0.397. The number of benzene rings is 1. The number of nitrogens with one attached hydrogen (secondary N) is 2. The van der Waals surface area contributed by atoms with E-state index in [4.69, 9.17) is 17.0 Å². The van der Waals surface area contributed by atoms with Gasteiger partial charge in [-0.3, -0.25) is 9.36 Å². The molecule has 0 spiro atoms. The largest absolute Gasteiger partial charge is 0.484 e. The molecule has 27 heavy (non-hydrogen) atoms. The fourth-order valence-corrected chi connectivity index (χ4v) is 3.44. The van der Waals surface area contributed by atoms with Crippen molar-refractivity contribution < 1.29 is 17.9 Å². The second-order valence-corrected chi connectivity index (χ2v) is 7.08. The summed E-state index contributed by atoms with van der Waals surface area (Å²) in [5, 5.41) is 0. The van der Waals surface area contributed by atoms with Gasteiger partial charge in [0.2, 0.25) is 0 Å². The van der Waals surface area contributed by atoms with Crippen molar-refractivity contribution in [2.24, 2.45) is 0 Å². The van der Waals surface area contributed by atoms with E-state index in [-0.39, 0.29) is 16.1 Å². The minimum Gasteiger partial charge on any atom is -0.484 e. The summed E-state index contributed by atoms with van der Waals surface area (Å²) in [5.41, 5.74) is 2.86. The summed E-state index contributed by atoms with van der Waals surface area (Å²) in [6.45, 7) is 0.247. The Hall–Kier alpha value is -2.55. The number of aryl methyl sites for hydroxylation is 1. The van der Waals surface area contributed by atoms with Gasteiger partial charge in [0.05, 0.1) is 11.2 Å². The van der Waals surface area contributed by atoms with Gasteiger partial charge in [0.1, 0.15) is 11.3 Å². The molecule has 0 saturated heterocycles. The van der Waals surface area contributed by atoms with Crippen LogP contribution in [0.15, 0.2) is 29.2 Å². The summed E-state index contributed by atoms with van der Waals surface area (Å²) in [7, 11) is 0. The second-order valence-electron chi connectivity index (χ2n) is 6.69. The average molecular weight is 395 g/mol. The van der Waals surface area contributed by atoms with E-state index in [1.807, 2.05) is 6.20 Å². The van der Waals surface area contributed by atoms with Crippen LogP contribution in [0.3, 0.4) is 0 Å². The van der Waals surface area contributed by atoms with E-state index in [2.05, 4.69) is 9.97 Å². The molecule has 9 heteroatoms. The average Bonchev–Trinajstić information content (AvgIpc) is 3.33. The number of rotatable bonds is 4. The maximum absolute atomic E-state index is 12.9. The van der Waals surface area contributed by atoms with Gasteiger partial charge in [0, 0.05) is 6.20 Å². The van der Waals surface area contributed by atoms with Crippen LogP contribution >= 0.6 is 12.2 Å². The number of ether oxygens (including phenoxy) is 1. The summed E-state index contributed by atoms with van der Waals surface area (Å²) >= 11 is 5.37.